The molecule has 1 atom stereocenters. The average molecular weight is 355 g/mol. The van der Waals surface area contributed by atoms with Crippen LogP contribution in [0.15, 0.2) is 24.3 Å². The molecule has 6 nitrogen and oxygen atoms in total. The van der Waals surface area contributed by atoms with Crippen molar-refractivity contribution in [1.29, 1.82) is 0 Å². The molecule has 0 aromatic heterocycles. The molecule has 0 unspecified atom stereocenters. The summed E-state index contributed by atoms with van der Waals surface area (Å²) >= 11 is 5.79. The molecule has 0 heterocycles. The van der Waals surface area contributed by atoms with Crippen molar-refractivity contribution in [2.75, 3.05) is 0 Å². The zero-order chi connectivity index (χ0) is 18.5. The normalized spacial score (nSPS) is 12.7. The Morgan fingerprint density at radius 1 is 1.21 bits per heavy atom. The van der Waals surface area contributed by atoms with Gasteiger partial charge in [0.25, 0.3) is 5.91 Å². The van der Waals surface area contributed by atoms with Crippen molar-refractivity contribution in [3.05, 3.63) is 34.9 Å². The van der Waals surface area contributed by atoms with Crippen LogP contribution in [0.3, 0.4) is 0 Å². The van der Waals surface area contributed by atoms with E-state index in [9.17, 15) is 19.6 Å². The number of hydrogen-bond donors (Lipinski definition) is 4. The van der Waals surface area contributed by atoms with Crippen molar-refractivity contribution in [1.82, 2.24) is 10.6 Å². The highest BCUT2D eigenvalue weighted by atomic mass is 35.5. The molecule has 8 heteroatoms. The summed E-state index contributed by atoms with van der Waals surface area (Å²) in [4.78, 5) is 24.7. The molecule has 1 rings (SSSR count). The topological polar surface area (TPSA) is 98.7 Å². The van der Waals surface area contributed by atoms with Crippen molar-refractivity contribution in [2.45, 2.75) is 45.6 Å². The maximum Gasteiger partial charge on any atom is 0.475 e. The molecule has 0 fully saturated rings. The maximum absolute atomic E-state index is 12.4. The van der Waals surface area contributed by atoms with Crippen LogP contribution in [0.5, 0.6) is 0 Å². The van der Waals surface area contributed by atoms with Gasteiger partial charge in [0.15, 0.2) is 0 Å². The summed E-state index contributed by atoms with van der Waals surface area (Å²) in [7, 11) is -1.67. The lowest BCUT2D eigenvalue weighted by molar-refractivity contribution is -0.126. The summed E-state index contributed by atoms with van der Waals surface area (Å²) < 4.78 is 0. The van der Waals surface area contributed by atoms with Crippen LogP contribution in [0.2, 0.25) is 5.02 Å². The SMILES string of the molecule is CC(C)C[C@H](NC(=O)C(C)(C)NC(=O)c1ccc(Cl)cc1)B(O)O. The molecule has 4 N–H and O–H groups in total. The third-order valence-electron chi connectivity index (χ3n) is 3.50. The van der Waals surface area contributed by atoms with Crippen molar-refractivity contribution in [3.63, 3.8) is 0 Å². The first-order chi connectivity index (χ1) is 11.0. The van der Waals surface area contributed by atoms with Crippen LogP contribution in [-0.2, 0) is 4.79 Å². The van der Waals surface area contributed by atoms with Crippen molar-refractivity contribution in [3.8, 4) is 0 Å². The van der Waals surface area contributed by atoms with E-state index in [2.05, 4.69) is 10.6 Å². The van der Waals surface area contributed by atoms with Crippen molar-refractivity contribution < 1.29 is 19.6 Å². The van der Waals surface area contributed by atoms with E-state index < -0.39 is 30.4 Å². The third kappa shape index (κ3) is 6.15. The quantitative estimate of drug-likeness (QED) is 0.556. The highest BCUT2D eigenvalue weighted by Gasteiger charge is 2.34. The maximum atomic E-state index is 12.4. The lowest BCUT2D eigenvalue weighted by atomic mass is 9.74. The van der Waals surface area contributed by atoms with E-state index in [1.807, 2.05) is 13.8 Å². The smallest absolute Gasteiger partial charge is 0.426 e. The van der Waals surface area contributed by atoms with Crippen molar-refractivity contribution >= 4 is 30.5 Å². The van der Waals surface area contributed by atoms with Crippen LogP contribution in [0, 0.1) is 5.92 Å². The highest BCUT2D eigenvalue weighted by Crippen LogP contribution is 2.12. The largest absolute Gasteiger partial charge is 0.475 e. The third-order valence-corrected chi connectivity index (χ3v) is 3.75. The molecule has 132 valence electrons. The fourth-order valence-corrected chi connectivity index (χ4v) is 2.25. The zero-order valence-corrected chi connectivity index (χ0v) is 15.1. The van der Waals surface area contributed by atoms with Crippen LogP contribution in [0.1, 0.15) is 44.5 Å². The number of carbonyl (C=O) groups excluding carboxylic acids is 2. The van der Waals surface area contributed by atoms with E-state index in [0.29, 0.717) is 17.0 Å². The Kier molecular flexibility index (Phi) is 7.26. The van der Waals surface area contributed by atoms with E-state index in [0.717, 1.165) is 0 Å². The molecular weight excluding hydrogens is 330 g/mol. The Hall–Kier alpha value is -1.57. The Bertz CT molecular complexity index is 576. The Morgan fingerprint density at radius 3 is 2.21 bits per heavy atom. The molecule has 0 aliphatic carbocycles. The fraction of sp³-hybridized carbons (Fsp3) is 0.500. The van der Waals surface area contributed by atoms with E-state index in [-0.39, 0.29) is 5.92 Å². The monoisotopic (exact) mass is 354 g/mol. The Labute approximate surface area is 147 Å². The number of benzene rings is 1. The number of amides is 2. The molecule has 0 aliphatic heterocycles. The number of carbonyl (C=O) groups is 2. The predicted molar refractivity (Wildman–Crippen MR) is 94.6 cm³/mol. The van der Waals surface area contributed by atoms with Crippen LogP contribution in [0.4, 0.5) is 0 Å². The summed E-state index contributed by atoms with van der Waals surface area (Å²) in [5.41, 5.74) is -0.845. The molecule has 0 saturated carbocycles. The Morgan fingerprint density at radius 2 is 1.75 bits per heavy atom. The summed E-state index contributed by atoms with van der Waals surface area (Å²) in [5, 5.41) is 24.5. The van der Waals surface area contributed by atoms with Gasteiger partial charge in [-0.3, -0.25) is 9.59 Å². The van der Waals surface area contributed by atoms with Crippen LogP contribution >= 0.6 is 11.6 Å². The number of rotatable bonds is 7. The second kappa shape index (κ2) is 8.51. The standard InChI is InChI=1S/C16H24BClN2O4/c1-10(2)9-13(17(23)24)19-15(22)16(3,4)20-14(21)11-5-7-12(18)8-6-11/h5-8,10,13,23-24H,9H2,1-4H3,(H,19,22)(H,20,21)/t13-/m0/s1. The van der Waals surface area contributed by atoms with E-state index in [4.69, 9.17) is 11.6 Å². The lowest BCUT2D eigenvalue weighted by Gasteiger charge is -2.28. The first kappa shape index (κ1) is 20.5. The molecule has 0 radical (unpaired) electrons. The van der Waals surface area contributed by atoms with Gasteiger partial charge in [0.1, 0.15) is 5.54 Å². The van der Waals surface area contributed by atoms with Crippen LogP contribution in [0.25, 0.3) is 0 Å². The van der Waals surface area contributed by atoms with Gasteiger partial charge < -0.3 is 20.7 Å². The van der Waals surface area contributed by atoms with Gasteiger partial charge >= 0.3 is 7.12 Å². The summed E-state index contributed by atoms with van der Waals surface area (Å²) in [6.07, 6.45) is 0.407. The molecule has 0 saturated heterocycles. The minimum atomic E-state index is -1.67. The minimum absolute atomic E-state index is 0.170. The lowest BCUT2D eigenvalue weighted by Crippen LogP contribution is -2.59. The molecular formula is C16H24BClN2O4. The molecule has 1 aromatic carbocycles. The number of nitrogens with one attached hydrogen (secondary N) is 2. The van der Waals surface area contributed by atoms with Crippen LogP contribution < -0.4 is 10.6 Å². The van der Waals surface area contributed by atoms with Crippen LogP contribution in [-0.4, -0.2) is 40.5 Å². The van der Waals surface area contributed by atoms with Crippen molar-refractivity contribution in [2.24, 2.45) is 5.92 Å². The second-order valence-electron chi connectivity index (χ2n) is 6.71. The molecule has 0 spiro atoms. The summed E-state index contributed by atoms with van der Waals surface area (Å²) in [5.74, 6) is -1.55. The van der Waals surface area contributed by atoms with Gasteiger partial charge in [-0.15, -0.1) is 0 Å². The first-order valence-electron chi connectivity index (χ1n) is 7.78. The fourth-order valence-electron chi connectivity index (χ4n) is 2.13. The van der Waals surface area contributed by atoms with Gasteiger partial charge in [-0.25, -0.2) is 0 Å². The predicted octanol–water partition coefficient (Wildman–Crippen LogP) is 1.39. The zero-order valence-electron chi connectivity index (χ0n) is 14.3. The van der Waals surface area contributed by atoms with Gasteiger partial charge in [0, 0.05) is 10.6 Å². The minimum Gasteiger partial charge on any atom is -0.426 e. The number of halogens is 1. The van der Waals surface area contributed by atoms with E-state index in [1.165, 1.54) is 0 Å². The first-order valence-corrected chi connectivity index (χ1v) is 8.16. The Balaban J connectivity index is 2.76. The average Bonchev–Trinajstić information content (AvgIpc) is 2.45. The second-order valence-corrected chi connectivity index (χ2v) is 7.15. The summed E-state index contributed by atoms with van der Waals surface area (Å²) in [6.45, 7) is 6.92. The highest BCUT2D eigenvalue weighted by molar-refractivity contribution is 6.43. The van der Waals surface area contributed by atoms with Gasteiger partial charge in [-0.2, -0.15) is 0 Å². The molecule has 1 aromatic rings. The van der Waals surface area contributed by atoms with E-state index >= 15 is 0 Å². The van der Waals surface area contributed by atoms with Gasteiger partial charge in [-0.1, -0.05) is 25.4 Å². The van der Waals surface area contributed by atoms with Gasteiger partial charge in [0.2, 0.25) is 5.91 Å². The molecule has 2 amide bonds. The molecule has 0 aliphatic rings. The molecule has 24 heavy (non-hydrogen) atoms. The van der Waals surface area contributed by atoms with Gasteiger partial charge in [-0.05, 0) is 50.5 Å². The number of hydrogen-bond acceptors (Lipinski definition) is 4. The molecule has 0 bridgehead atoms. The van der Waals surface area contributed by atoms with Gasteiger partial charge in [0.05, 0.1) is 5.94 Å². The van der Waals surface area contributed by atoms with E-state index in [1.54, 1.807) is 38.1 Å². The summed E-state index contributed by atoms with van der Waals surface area (Å²) in [6, 6.07) is 6.30.